The molecule has 2 aromatic rings. The summed E-state index contributed by atoms with van der Waals surface area (Å²) < 4.78 is 0. The molecule has 1 saturated heterocycles. The Balaban J connectivity index is 1.58. The van der Waals surface area contributed by atoms with Crippen LogP contribution in [0, 0.1) is 5.92 Å². The van der Waals surface area contributed by atoms with E-state index in [-0.39, 0.29) is 24.9 Å². The minimum absolute atomic E-state index is 0.0197. The van der Waals surface area contributed by atoms with Gasteiger partial charge in [-0.2, -0.15) is 0 Å². The van der Waals surface area contributed by atoms with Crippen molar-refractivity contribution in [1.82, 2.24) is 10.2 Å². The number of carboxylic acids is 1. The molecule has 7 heteroatoms. The van der Waals surface area contributed by atoms with Crippen LogP contribution in [0.25, 0.3) is 10.8 Å². The van der Waals surface area contributed by atoms with E-state index in [0.717, 1.165) is 16.3 Å². The molecule has 2 aromatic carbocycles. The number of benzene rings is 2. The molecule has 136 valence electrons. The molecule has 3 rings (SSSR count). The molecule has 0 aromatic heterocycles. The Labute approximate surface area is 155 Å². The number of thioether (sulfide) groups is 1. The summed E-state index contributed by atoms with van der Waals surface area (Å²) in [5, 5.41) is 14.3. The average molecular weight is 372 g/mol. The van der Waals surface area contributed by atoms with Crippen molar-refractivity contribution in [2.45, 2.75) is 6.42 Å². The number of amides is 2. The number of nitrogens with zero attached hydrogens (tertiary/aromatic N) is 1. The van der Waals surface area contributed by atoms with Crippen LogP contribution in [0.3, 0.4) is 0 Å². The summed E-state index contributed by atoms with van der Waals surface area (Å²) in [6.45, 7) is 0.0182. The van der Waals surface area contributed by atoms with Crippen molar-refractivity contribution < 1.29 is 19.5 Å². The number of rotatable bonds is 7. The summed E-state index contributed by atoms with van der Waals surface area (Å²) in [6, 6.07) is 13.8. The van der Waals surface area contributed by atoms with Crippen molar-refractivity contribution in [2.75, 3.05) is 24.7 Å². The van der Waals surface area contributed by atoms with Crippen LogP contribution in [0.2, 0.25) is 0 Å². The molecule has 2 amide bonds. The van der Waals surface area contributed by atoms with Gasteiger partial charge in [-0.15, -0.1) is 11.8 Å². The lowest BCUT2D eigenvalue weighted by molar-refractivity contribution is -0.142. The second-order valence-electron chi connectivity index (χ2n) is 6.29. The second-order valence-corrected chi connectivity index (χ2v) is 7.25. The van der Waals surface area contributed by atoms with Gasteiger partial charge in [0.25, 0.3) is 0 Å². The van der Waals surface area contributed by atoms with Gasteiger partial charge in [-0.25, -0.2) is 0 Å². The van der Waals surface area contributed by atoms with Gasteiger partial charge in [-0.1, -0.05) is 42.5 Å². The van der Waals surface area contributed by atoms with Crippen LogP contribution in [0.1, 0.15) is 5.56 Å². The van der Waals surface area contributed by atoms with E-state index in [4.69, 9.17) is 0 Å². The van der Waals surface area contributed by atoms with Crippen molar-refractivity contribution in [3.05, 3.63) is 48.0 Å². The molecule has 2 N–H and O–H groups in total. The number of aliphatic carboxylic acids is 1. The van der Waals surface area contributed by atoms with E-state index in [1.807, 2.05) is 42.5 Å². The molecule has 1 atom stereocenters. The van der Waals surface area contributed by atoms with Crippen LogP contribution >= 0.6 is 11.8 Å². The third-order valence-corrected chi connectivity index (χ3v) is 5.30. The topological polar surface area (TPSA) is 86.7 Å². The number of hydrogen-bond acceptors (Lipinski definition) is 4. The Morgan fingerprint density at radius 2 is 1.96 bits per heavy atom. The number of hydrogen-bond donors (Lipinski definition) is 2. The molecular weight excluding hydrogens is 352 g/mol. The highest BCUT2D eigenvalue weighted by atomic mass is 32.2. The first kappa shape index (κ1) is 18.3. The quantitative estimate of drug-likeness (QED) is 0.773. The SMILES string of the molecule is O=C(CN1CSCC1=O)NCC(Cc1ccc2ccccc2c1)C(=O)O. The van der Waals surface area contributed by atoms with Crippen molar-refractivity contribution >= 4 is 40.3 Å². The van der Waals surface area contributed by atoms with Crippen molar-refractivity contribution in [1.29, 1.82) is 0 Å². The fourth-order valence-corrected chi connectivity index (χ4v) is 3.81. The molecule has 1 aliphatic heterocycles. The maximum atomic E-state index is 12.0. The Hall–Kier alpha value is -2.54. The molecule has 1 unspecified atom stereocenters. The third kappa shape index (κ3) is 4.54. The summed E-state index contributed by atoms with van der Waals surface area (Å²) in [4.78, 5) is 36.6. The van der Waals surface area contributed by atoms with Gasteiger partial charge in [0.15, 0.2) is 0 Å². The van der Waals surface area contributed by atoms with E-state index in [0.29, 0.717) is 18.1 Å². The normalized spacial score (nSPS) is 15.2. The second kappa shape index (κ2) is 8.23. The third-order valence-electron chi connectivity index (χ3n) is 4.35. The fourth-order valence-electron chi connectivity index (χ4n) is 2.90. The predicted molar refractivity (Wildman–Crippen MR) is 101 cm³/mol. The van der Waals surface area contributed by atoms with Gasteiger partial charge in [0, 0.05) is 6.54 Å². The van der Waals surface area contributed by atoms with Crippen LogP contribution in [0.5, 0.6) is 0 Å². The van der Waals surface area contributed by atoms with E-state index in [1.54, 1.807) is 0 Å². The largest absolute Gasteiger partial charge is 0.481 e. The van der Waals surface area contributed by atoms with E-state index < -0.39 is 11.9 Å². The van der Waals surface area contributed by atoms with Crippen molar-refractivity contribution in [3.63, 3.8) is 0 Å². The first-order chi connectivity index (χ1) is 12.5. The van der Waals surface area contributed by atoms with Crippen molar-refractivity contribution in [2.24, 2.45) is 5.92 Å². The van der Waals surface area contributed by atoms with Crippen LogP contribution in [-0.4, -0.2) is 52.5 Å². The highest BCUT2D eigenvalue weighted by molar-refractivity contribution is 8.00. The molecular formula is C19H20N2O4S. The standard InChI is InChI=1S/C19H20N2O4S/c22-17(10-21-12-26-11-18(21)23)20-9-16(19(24)25)8-13-5-6-14-3-1-2-4-15(14)7-13/h1-7,16H,8-12H2,(H,20,22)(H,24,25). The Morgan fingerprint density at radius 3 is 2.65 bits per heavy atom. The zero-order valence-corrected chi connectivity index (χ0v) is 15.0. The maximum absolute atomic E-state index is 12.0. The molecule has 0 aliphatic carbocycles. The summed E-state index contributed by atoms with van der Waals surface area (Å²) in [5.74, 6) is -1.16. The van der Waals surface area contributed by atoms with Crippen LogP contribution in [0.4, 0.5) is 0 Å². The lowest BCUT2D eigenvalue weighted by Gasteiger charge is -2.17. The Kier molecular flexibility index (Phi) is 5.78. The molecule has 1 aliphatic rings. The van der Waals surface area contributed by atoms with E-state index in [9.17, 15) is 19.5 Å². The lowest BCUT2D eigenvalue weighted by atomic mass is 9.97. The molecule has 0 saturated carbocycles. The number of carbonyl (C=O) groups is 3. The molecule has 0 bridgehead atoms. The molecule has 1 fully saturated rings. The first-order valence-electron chi connectivity index (χ1n) is 8.35. The summed E-state index contributed by atoms with van der Waals surface area (Å²) in [5.41, 5.74) is 0.913. The molecule has 26 heavy (non-hydrogen) atoms. The van der Waals surface area contributed by atoms with Crippen LogP contribution in [-0.2, 0) is 20.8 Å². The lowest BCUT2D eigenvalue weighted by Crippen LogP contribution is -2.41. The monoisotopic (exact) mass is 372 g/mol. The zero-order chi connectivity index (χ0) is 18.5. The van der Waals surface area contributed by atoms with Gasteiger partial charge in [0.2, 0.25) is 11.8 Å². The van der Waals surface area contributed by atoms with E-state index >= 15 is 0 Å². The number of nitrogens with one attached hydrogen (secondary N) is 1. The van der Waals surface area contributed by atoms with Gasteiger partial charge in [-0.05, 0) is 22.8 Å². The summed E-state index contributed by atoms with van der Waals surface area (Å²) in [6.07, 6.45) is 0.332. The Bertz CT molecular complexity index is 839. The smallest absolute Gasteiger partial charge is 0.308 e. The number of carboxylic acid groups (broad SMARTS) is 1. The van der Waals surface area contributed by atoms with Crippen LogP contribution < -0.4 is 5.32 Å². The molecule has 0 radical (unpaired) electrons. The first-order valence-corrected chi connectivity index (χ1v) is 9.51. The van der Waals surface area contributed by atoms with Gasteiger partial charge in [0.05, 0.1) is 17.5 Å². The number of fused-ring (bicyclic) bond motifs is 1. The summed E-state index contributed by atoms with van der Waals surface area (Å²) >= 11 is 1.47. The average Bonchev–Trinajstić information content (AvgIpc) is 3.03. The zero-order valence-electron chi connectivity index (χ0n) is 14.2. The fraction of sp³-hybridized carbons (Fsp3) is 0.316. The van der Waals surface area contributed by atoms with Gasteiger partial charge < -0.3 is 15.3 Å². The van der Waals surface area contributed by atoms with Gasteiger partial charge in [0.1, 0.15) is 6.54 Å². The van der Waals surface area contributed by atoms with Crippen LogP contribution in [0.15, 0.2) is 42.5 Å². The molecule has 1 heterocycles. The van der Waals surface area contributed by atoms with Crippen molar-refractivity contribution in [3.8, 4) is 0 Å². The minimum atomic E-state index is -0.953. The molecule has 6 nitrogen and oxygen atoms in total. The van der Waals surface area contributed by atoms with E-state index in [2.05, 4.69) is 5.32 Å². The number of carbonyl (C=O) groups excluding carboxylic acids is 2. The van der Waals surface area contributed by atoms with Gasteiger partial charge >= 0.3 is 5.97 Å². The highest BCUT2D eigenvalue weighted by Crippen LogP contribution is 2.18. The van der Waals surface area contributed by atoms with E-state index in [1.165, 1.54) is 16.7 Å². The molecule has 0 spiro atoms. The maximum Gasteiger partial charge on any atom is 0.308 e. The summed E-state index contributed by atoms with van der Waals surface area (Å²) in [7, 11) is 0. The predicted octanol–water partition coefficient (Wildman–Crippen LogP) is 1.73. The minimum Gasteiger partial charge on any atom is -0.481 e. The highest BCUT2D eigenvalue weighted by Gasteiger charge is 2.24. The van der Waals surface area contributed by atoms with Gasteiger partial charge in [-0.3, -0.25) is 14.4 Å². The Morgan fingerprint density at radius 1 is 1.19 bits per heavy atom.